The fourth-order valence-electron chi connectivity index (χ4n) is 5.05. The van der Waals surface area contributed by atoms with Crippen molar-refractivity contribution < 1.29 is 21.7 Å². The van der Waals surface area contributed by atoms with Gasteiger partial charge >= 0.3 is 18.8 Å². The smallest absolute Gasteiger partial charge is 0.418 e. The fraction of sp³-hybridized carbons (Fsp3) is 0.179. The third-order valence-corrected chi connectivity index (χ3v) is 6.51. The molecule has 1 aromatic heterocycles. The molecule has 172 valence electrons. The summed E-state index contributed by atoms with van der Waals surface area (Å²) in [5.74, 6) is 2.13. The molecule has 0 amide bonds. The molecule has 3 aromatic carbocycles. The van der Waals surface area contributed by atoms with Crippen LogP contribution in [0.4, 0.5) is 17.3 Å². The van der Waals surface area contributed by atoms with Gasteiger partial charge in [0, 0.05) is 5.56 Å². The molecule has 34 heavy (non-hydrogen) atoms. The average molecular weight is 462 g/mol. The van der Waals surface area contributed by atoms with Gasteiger partial charge in [0.15, 0.2) is 0 Å². The van der Waals surface area contributed by atoms with Crippen LogP contribution in [-0.4, -0.2) is 7.25 Å². The van der Waals surface area contributed by atoms with E-state index in [4.69, 9.17) is 4.42 Å². The Balaban J connectivity index is 0.000000439. The molecule has 6 heteroatoms. The molecule has 1 heterocycles. The van der Waals surface area contributed by atoms with Gasteiger partial charge in [-0.1, -0.05) is 66.2 Å². The molecule has 0 spiro atoms. The van der Waals surface area contributed by atoms with Crippen molar-refractivity contribution in [1.29, 1.82) is 0 Å². The molecule has 4 aromatic rings. The maximum atomic E-state index is 9.75. The van der Waals surface area contributed by atoms with Gasteiger partial charge in [0.2, 0.25) is 0 Å². The largest absolute Gasteiger partial charge is 0.673 e. The normalized spacial score (nSPS) is 13.6. The summed E-state index contributed by atoms with van der Waals surface area (Å²) in [6.45, 7) is 2.15. The van der Waals surface area contributed by atoms with Crippen molar-refractivity contribution in [3.8, 4) is 33.8 Å². The van der Waals surface area contributed by atoms with Crippen LogP contribution in [0.1, 0.15) is 27.8 Å². The van der Waals surface area contributed by atoms with Gasteiger partial charge in [0.05, 0.1) is 22.3 Å². The highest BCUT2D eigenvalue weighted by Crippen LogP contribution is 2.47. The molecule has 2 aliphatic carbocycles. The molecule has 0 bridgehead atoms. The first-order chi connectivity index (χ1) is 16.3. The van der Waals surface area contributed by atoms with E-state index in [0.717, 1.165) is 37.2 Å². The van der Waals surface area contributed by atoms with E-state index in [-0.39, 0.29) is 0 Å². The highest BCUT2D eigenvalue weighted by molar-refractivity contribution is 6.50. The summed E-state index contributed by atoms with van der Waals surface area (Å²) in [7, 11) is -6.00. The van der Waals surface area contributed by atoms with Crippen LogP contribution in [-0.2, 0) is 25.7 Å². The highest BCUT2D eigenvalue weighted by Gasteiger charge is 2.37. The zero-order valence-electron chi connectivity index (χ0n) is 18.8. The second-order valence-electron chi connectivity index (χ2n) is 8.77. The third-order valence-electron chi connectivity index (χ3n) is 6.51. The second kappa shape index (κ2) is 8.75. The summed E-state index contributed by atoms with van der Waals surface area (Å²) in [6, 6.07) is 26.5. The minimum atomic E-state index is -6.00. The number of hydrogen-bond acceptors (Lipinski definition) is 0. The first kappa shape index (κ1) is 22.4. The molecule has 0 fully saturated rings. The Hall–Kier alpha value is -3.41. The molecule has 6 rings (SSSR count). The molecule has 2 aliphatic rings. The van der Waals surface area contributed by atoms with Gasteiger partial charge in [-0.2, -0.15) is 0 Å². The summed E-state index contributed by atoms with van der Waals surface area (Å²) in [5.41, 5.74) is 12.1. The summed E-state index contributed by atoms with van der Waals surface area (Å²) < 4.78 is 45.8. The number of aryl methyl sites for hydroxylation is 3. The van der Waals surface area contributed by atoms with Gasteiger partial charge in [0.1, 0.15) is 0 Å². The van der Waals surface area contributed by atoms with E-state index in [1.54, 1.807) is 0 Å². The fourth-order valence-corrected chi connectivity index (χ4v) is 5.05. The lowest BCUT2D eigenvalue weighted by Gasteiger charge is -2.22. The summed E-state index contributed by atoms with van der Waals surface area (Å²) >= 11 is 0. The Kier molecular flexibility index (Phi) is 5.76. The van der Waals surface area contributed by atoms with Crippen molar-refractivity contribution in [1.82, 2.24) is 0 Å². The van der Waals surface area contributed by atoms with Gasteiger partial charge in [0.25, 0.3) is 0 Å². The van der Waals surface area contributed by atoms with Gasteiger partial charge in [-0.15, -0.1) is 0 Å². The molecular weight excluding hydrogens is 439 g/mol. The standard InChI is InChI=1S/C28H23O.BF4/c1-18-10-12-21(13-11-18)26-24-16-14-19-6-2-4-8-22(19)27(24)29-28-23-9-5-3-7-20(23)15-17-25(26)28;2-1(3,4)5/h2-13H,14-17H2,1H3;/q+1;-1. The van der Waals surface area contributed by atoms with Crippen molar-refractivity contribution in [2.75, 3.05) is 0 Å². The van der Waals surface area contributed by atoms with Crippen molar-refractivity contribution in [2.45, 2.75) is 32.6 Å². The predicted octanol–water partition coefficient (Wildman–Crippen LogP) is 8.37. The summed E-state index contributed by atoms with van der Waals surface area (Å²) in [5, 5.41) is 0. The van der Waals surface area contributed by atoms with E-state index >= 15 is 0 Å². The van der Waals surface area contributed by atoms with Crippen LogP contribution < -0.4 is 0 Å². The van der Waals surface area contributed by atoms with E-state index in [2.05, 4.69) is 79.7 Å². The molecule has 0 N–H and O–H groups in total. The minimum absolute atomic E-state index is 1.04. The average Bonchev–Trinajstić information content (AvgIpc) is 2.82. The van der Waals surface area contributed by atoms with Gasteiger partial charge in [-0.05, 0) is 61.4 Å². The Morgan fingerprint density at radius 1 is 0.618 bits per heavy atom. The predicted molar refractivity (Wildman–Crippen MR) is 129 cm³/mol. The van der Waals surface area contributed by atoms with Crippen molar-refractivity contribution >= 4 is 7.25 Å². The van der Waals surface area contributed by atoms with Gasteiger partial charge in [-0.3, -0.25) is 0 Å². The number of hydrogen-bond donors (Lipinski definition) is 0. The number of benzene rings is 3. The van der Waals surface area contributed by atoms with Crippen molar-refractivity contribution in [3.05, 3.63) is 101 Å². The zero-order valence-corrected chi connectivity index (χ0v) is 18.8. The maximum Gasteiger partial charge on any atom is 0.673 e. The van der Waals surface area contributed by atoms with Crippen LogP contribution in [0.2, 0.25) is 0 Å². The third kappa shape index (κ3) is 4.37. The van der Waals surface area contributed by atoms with Crippen molar-refractivity contribution in [3.63, 3.8) is 0 Å². The Bertz CT molecular complexity index is 1280. The lowest BCUT2D eigenvalue weighted by Crippen LogP contribution is -2.12. The molecule has 0 aliphatic heterocycles. The van der Waals surface area contributed by atoms with Crippen molar-refractivity contribution in [2.24, 2.45) is 0 Å². The lowest BCUT2D eigenvalue weighted by molar-refractivity contribution is 0.368. The van der Waals surface area contributed by atoms with Gasteiger partial charge in [-0.25, -0.2) is 4.42 Å². The van der Waals surface area contributed by atoms with Crippen LogP contribution >= 0.6 is 0 Å². The first-order valence-electron chi connectivity index (χ1n) is 11.4. The Labute approximate surface area is 196 Å². The van der Waals surface area contributed by atoms with Crippen LogP contribution in [0, 0.1) is 6.92 Å². The SMILES string of the molecule is Cc1ccc(-c2c3c([o+]c4c2CCc2ccccc2-4)-c2ccccc2CC3)cc1.F[B-](F)(F)F. The monoisotopic (exact) mass is 462 g/mol. The Morgan fingerprint density at radius 3 is 1.53 bits per heavy atom. The molecule has 0 atom stereocenters. The second-order valence-corrected chi connectivity index (χ2v) is 8.77. The molecular formula is C28H23BF4O. The quantitative estimate of drug-likeness (QED) is 0.157. The zero-order chi connectivity index (χ0) is 23.9. The summed E-state index contributed by atoms with van der Waals surface area (Å²) in [6.07, 6.45) is 4.22. The number of halogens is 4. The Morgan fingerprint density at radius 2 is 1.06 bits per heavy atom. The van der Waals surface area contributed by atoms with E-state index in [0.29, 0.717) is 0 Å². The molecule has 0 saturated carbocycles. The number of fused-ring (bicyclic) bond motifs is 6. The van der Waals surface area contributed by atoms with E-state index < -0.39 is 7.25 Å². The number of rotatable bonds is 1. The molecule has 0 unspecified atom stereocenters. The van der Waals surface area contributed by atoms with E-state index in [1.165, 1.54) is 50.1 Å². The van der Waals surface area contributed by atoms with Crippen LogP contribution in [0.15, 0.2) is 77.2 Å². The summed E-state index contributed by atoms with van der Waals surface area (Å²) in [4.78, 5) is 0. The van der Waals surface area contributed by atoms with E-state index in [9.17, 15) is 17.3 Å². The molecule has 0 saturated heterocycles. The van der Waals surface area contributed by atoms with E-state index in [1.807, 2.05) is 0 Å². The first-order valence-corrected chi connectivity index (χ1v) is 11.4. The minimum Gasteiger partial charge on any atom is -0.418 e. The topological polar surface area (TPSA) is 11.3 Å². The van der Waals surface area contributed by atoms with Crippen LogP contribution in [0.3, 0.4) is 0 Å². The lowest BCUT2D eigenvalue weighted by atomic mass is 9.79. The molecule has 0 radical (unpaired) electrons. The maximum absolute atomic E-state index is 9.75. The van der Waals surface area contributed by atoms with Gasteiger partial charge < -0.3 is 17.3 Å². The molecule has 1 nitrogen and oxygen atoms in total. The van der Waals surface area contributed by atoms with Crippen LogP contribution in [0.25, 0.3) is 33.8 Å². The highest BCUT2D eigenvalue weighted by atomic mass is 19.5. The van der Waals surface area contributed by atoms with Crippen LogP contribution in [0.5, 0.6) is 0 Å².